The highest BCUT2D eigenvalue weighted by Crippen LogP contribution is 2.57. The Morgan fingerprint density at radius 2 is 0.784 bits per heavy atom. The highest BCUT2D eigenvalue weighted by molar-refractivity contribution is 6.16. The van der Waals surface area contributed by atoms with Crippen LogP contribution in [0.25, 0.3) is 27.5 Å². The van der Waals surface area contributed by atoms with E-state index >= 15 is 0 Å². The van der Waals surface area contributed by atoms with E-state index in [1.807, 2.05) is 0 Å². The molecule has 3 heterocycles. The monoisotopic (exact) mass is 657 g/mol. The van der Waals surface area contributed by atoms with Gasteiger partial charge >= 0.3 is 0 Å². The second kappa shape index (κ2) is 10.7. The smallest absolute Gasteiger partial charge is 0.0783 e. The summed E-state index contributed by atoms with van der Waals surface area (Å²) in [6.07, 6.45) is 0. The van der Waals surface area contributed by atoms with Crippen LogP contribution >= 0.6 is 0 Å². The minimum atomic E-state index is -0.164. The number of fused-ring (bicyclic) bond motifs is 7. The zero-order valence-electron chi connectivity index (χ0n) is 29.4. The lowest BCUT2D eigenvalue weighted by Crippen LogP contribution is -2.31. The minimum Gasteiger partial charge on any atom is -0.310 e. The Labute approximate surface area is 299 Å². The molecule has 3 nitrogen and oxygen atoms in total. The van der Waals surface area contributed by atoms with Gasteiger partial charge in [0, 0.05) is 33.0 Å². The summed E-state index contributed by atoms with van der Waals surface area (Å²) in [5.74, 6) is 0. The van der Waals surface area contributed by atoms with E-state index in [4.69, 9.17) is 0 Å². The van der Waals surface area contributed by atoms with Gasteiger partial charge in [-0.1, -0.05) is 137 Å². The maximum atomic E-state index is 2.53. The molecule has 3 heteroatoms. The third-order valence-corrected chi connectivity index (χ3v) is 11.5. The molecule has 246 valence electrons. The van der Waals surface area contributed by atoms with Gasteiger partial charge in [-0.05, 0) is 76.9 Å². The first-order valence-electron chi connectivity index (χ1n) is 18.0. The summed E-state index contributed by atoms with van der Waals surface area (Å²) in [6.45, 7) is 9.43. The van der Waals surface area contributed by atoms with Crippen LogP contribution in [0.15, 0.2) is 164 Å². The average Bonchev–Trinajstić information content (AvgIpc) is 3.50. The van der Waals surface area contributed by atoms with E-state index in [-0.39, 0.29) is 10.8 Å². The van der Waals surface area contributed by atoms with Crippen molar-refractivity contribution in [2.45, 2.75) is 38.5 Å². The standard InChI is InChI=1S/C48H39N3/c1-47(2)36-21-9-14-26-41(36)49(42-27-15-10-22-37(42)47)33-30-35-34-20-8-13-25-40(34)50(32-18-6-5-7-19-32)46(35)45(31-33)51-43-28-16-11-23-38(43)48(3,4)39-24-12-17-29-44(39)51/h5-31H,1-4H3. The number of nitrogens with zero attached hydrogens (tertiary/aromatic N) is 3. The van der Waals surface area contributed by atoms with Gasteiger partial charge in [0.2, 0.25) is 0 Å². The van der Waals surface area contributed by atoms with Crippen LogP contribution in [0.4, 0.5) is 34.1 Å². The summed E-state index contributed by atoms with van der Waals surface area (Å²) in [6, 6.07) is 60.4. The molecule has 0 saturated heterocycles. The van der Waals surface area contributed by atoms with Crippen LogP contribution in [0, 0.1) is 0 Å². The largest absolute Gasteiger partial charge is 0.310 e. The summed E-state index contributed by atoms with van der Waals surface area (Å²) in [5, 5.41) is 2.46. The highest BCUT2D eigenvalue weighted by Gasteiger charge is 2.40. The summed E-state index contributed by atoms with van der Waals surface area (Å²) in [5.41, 5.74) is 15.7. The maximum absolute atomic E-state index is 2.53. The van der Waals surface area contributed by atoms with Crippen LogP contribution in [-0.2, 0) is 10.8 Å². The highest BCUT2D eigenvalue weighted by atomic mass is 15.2. The maximum Gasteiger partial charge on any atom is 0.0783 e. The van der Waals surface area contributed by atoms with Crippen molar-refractivity contribution in [2.24, 2.45) is 0 Å². The molecular formula is C48H39N3. The SMILES string of the molecule is CC1(C)c2ccccc2N(c2cc(N3c4ccccc4C(C)(C)c4ccccc43)c3c(c2)c2ccccc2n3-c2ccccc2)c2ccccc21. The number of para-hydroxylation sites is 6. The molecule has 0 atom stereocenters. The zero-order chi connectivity index (χ0) is 34.5. The van der Waals surface area contributed by atoms with Crippen molar-refractivity contribution in [3.63, 3.8) is 0 Å². The van der Waals surface area contributed by atoms with Gasteiger partial charge in [-0.3, -0.25) is 0 Å². The molecular weight excluding hydrogens is 619 g/mol. The third kappa shape index (κ3) is 4.12. The predicted octanol–water partition coefficient (Wildman–Crippen LogP) is 13.0. The fourth-order valence-corrected chi connectivity index (χ4v) is 9.08. The van der Waals surface area contributed by atoms with Gasteiger partial charge in [-0.25, -0.2) is 0 Å². The Hall–Kier alpha value is -6.06. The van der Waals surface area contributed by atoms with Gasteiger partial charge in [0.05, 0.1) is 39.5 Å². The first-order valence-corrected chi connectivity index (χ1v) is 18.0. The Bertz CT molecular complexity index is 2560. The van der Waals surface area contributed by atoms with Crippen LogP contribution in [0.5, 0.6) is 0 Å². The summed E-state index contributed by atoms with van der Waals surface area (Å²) < 4.78 is 2.47. The van der Waals surface area contributed by atoms with Gasteiger partial charge in [0.15, 0.2) is 0 Å². The van der Waals surface area contributed by atoms with Crippen molar-refractivity contribution >= 4 is 55.9 Å². The quantitative estimate of drug-likeness (QED) is 0.187. The second-order valence-corrected chi connectivity index (χ2v) is 15.0. The van der Waals surface area contributed by atoms with E-state index < -0.39 is 0 Å². The molecule has 0 aliphatic carbocycles. The number of anilines is 6. The van der Waals surface area contributed by atoms with E-state index in [2.05, 4.69) is 206 Å². The molecule has 2 aliphatic rings. The van der Waals surface area contributed by atoms with Crippen LogP contribution in [0.1, 0.15) is 49.9 Å². The van der Waals surface area contributed by atoms with E-state index in [1.165, 1.54) is 66.8 Å². The molecule has 0 saturated carbocycles. The predicted molar refractivity (Wildman–Crippen MR) is 214 cm³/mol. The van der Waals surface area contributed by atoms with Crippen LogP contribution < -0.4 is 9.80 Å². The average molecular weight is 658 g/mol. The fraction of sp³-hybridized carbons (Fsp3) is 0.125. The molecule has 0 unspecified atom stereocenters. The summed E-state index contributed by atoms with van der Waals surface area (Å²) in [4.78, 5) is 5.03. The first-order chi connectivity index (χ1) is 24.9. The van der Waals surface area contributed by atoms with Gasteiger partial charge in [-0.15, -0.1) is 0 Å². The molecule has 0 N–H and O–H groups in total. The minimum absolute atomic E-state index is 0.143. The van der Waals surface area contributed by atoms with E-state index in [0.29, 0.717) is 0 Å². The first kappa shape index (κ1) is 29.8. The Morgan fingerprint density at radius 1 is 0.353 bits per heavy atom. The number of aromatic nitrogens is 1. The van der Waals surface area contributed by atoms with E-state index in [9.17, 15) is 0 Å². The Morgan fingerprint density at radius 3 is 1.31 bits per heavy atom. The van der Waals surface area contributed by atoms with Gasteiger partial charge < -0.3 is 14.4 Å². The lowest BCUT2D eigenvalue weighted by molar-refractivity contribution is 0.631. The molecule has 0 spiro atoms. The van der Waals surface area contributed by atoms with Crippen molar-refractivity contribution in [3.8, 4) is 5.69 Å². The lowest BCUT2D eigenvalue weighted by atomic mass is 9.73. The Balaban J connectivity index is 1.38. The van der Waals surface area contributed by atoms with Crippen molar-refractivity contribution in [2.75, 3.05) is 9.80 Å². The normalized spacial score (nSPS) is 15.3. The molecule has 1 aromatic heterocycles. The summed E-state index contributed by atoms with van der Waals surface area (Å²) in [7, 11) is 0. The van der Waals surface area contributed by atoms with Crippen molar-refractivity contribution in [3.05, 3.63) is 186 Å². The van der Waals surface area contributed by atoms with E-state index in [1.54, 1.807) is 0 Å². The van der Waals surface area contributed by atoms with E-state index in [0.717, 1.165) is 17.1 Å². The lowest BCUT2D eigenvalue weighted by Gasteiger charge is -2.43. The summed E-state index contributed by atoms with van der Waals surface area (Å²) >= 11 is 0. The molecule has 0 radical (unpaired) electrons. The molecule has 0 amide bonds. The number of benzene rings is 7. The van der Waals surface area contributed by atoms with Crippen LogP contribution in [-0.4, -0.2) is 4.57 Å². The zero-order valence-corrected chi connectivity index (χ0v) is 29.4. The molecule has 10 rings (SSSR count). The number of rotatable bonds is 3. The topological polar surface area (TPSA) is 11.4 Å². The molecule has 0 bridgehead atoms. The Kier molecular flexibility index (Phi) is 6.27. The number of hydrogen-bond acceptors (Lipinski definition) is 2. The molecule has 8 aromatic rings. The van der Waals surface area contributed by atoms with Crippen molar-refractivity contribution in [1.82, 2.24) is 4.57 Å². The number of hydrogen-bond donors (Lipinski definition) is 0. The molecule has 0 fully saturated rings. The van der Waals surface area contributed by atoms with Gasteiger partial charge in [-0.2, -0.15) is 0 Å². The molecule has 51 heavy (non-hydrogen) atoms. The van der Waals surface area contributed by atoms with Crippen LogP contribution in [0.3, 0.4) is 0 Å². The molecule has 2 aliphatic heterocycles. The van der Waals surface area contributed by atoms with Gasteiger partial charge in [0.1, 0.15) is 0 Å². The van der Waals surface area contributed by atoms with Crippen LogP contribution in [0.2, 0.25) is 0 Å². The third-order valence-electron chi connectivity index (χ3n) is 11.5. The van der Waals surface area contributed by atoms with Crippen molar-refractivity contribution in [1.29, 1.82) is 0 Å². The molecule has 7 aromatic carbocycles. The van der Waals surface area contributed by atoms with Crippen molar-refractivity contribution < 1.29 is 0 Å². The van der Waals surface area contributed by atoms with Gasteiger partial charge in [0.25, 0.3) is 0 Å². The fourth-order valence-electron chi connectivity index (χ4n) is 9.08. The second-order valence-electron chi connectivity index (χ2n) is 15.0.